The minimum Gasteiger partial charge on any atom is -0.369 e. The minimum atomic E-state index is -0.705. The van der Waals surface area contributed by atoms with E-state index in [1.807, 2.05) is 0 Å². The smallest absolute Gasteiger partial charge is 0.313 e. The van der Waals surface area contributed by atoms with E-state index in [1.165, 1.54) is 12.1 Å². The van der Waals surface area contributed by atoms with Crippen LogP contribution in [0.4, 0.5) is 15.8 Å². The lowest BCUT2D eigenvalue weighted by atomic mass is 10.2. The molecule has 2 N–H and O–H groups in total. The molecule has 2 amide bonds. The third-order valence-corrected chi connectivity index (χ3v) is 4.84. The van der Waals surface area contributed by atoms with Crippen molar-refractivity contribution in [3.63, 3.8) is 0 Å². The largest absolute Gasteiger partial charge is 0.369 e. The van der Waals surface area contributed by atoms with E-state index in [0.29, 0.717) is 23.8 Å². The summed E-state index contributed by atoms with van der Waals surface area (Å²) in [7, 11) is 0. The molecule has 0 radical (unpaired) electrons. The van der Waals surface area contributed by atoms with Gasteiger partial charge in [0.05, 0.1) is 0 Å². The highest BCUT2D eigenvalue weighted by atomic mass is 35.5. The molecule has 1 heterocycles. The zero-order valence-electron chi connectivity index (χ0n) is 15.3. The normalized spacial score (nSPS) is 14.6. The van der Waals surface area contributed by atoms with E-state index in [-0.39, 0.29) is 5.82 Å². The van der Waals surface area contributed by atoms with Crippen LogP contribution in [0.1, 0.15) is 0 Å². The second-order valence-corrected chi connectivity index (χ2v) is 6.96. The van der Waals surface area contributed by atoms with Crippen LogP contribution in [0, 0.1) is 5.82 Å². The molecule has 0 atom stereocenters. The predicted molar refractivity (Wildman–Crippen MR) is 108 cm³/mol. The van der Waals surface area contributed by atoms with E-state index in [2.05, 4.69) is 20.4 Å². The summed E-state index contributed by atoms with van der Waals surface area (Å²) in [6, 6.07) is 13.0. The summed E-state index contributed by atoms with van der Waals surface area (Å²) >= 11 is 5.79. The molecule has 1 saturated heterocycles. The van der Waals surface area contributed by atoms with E-state index < -0.39 is 11.8 Å². The zero-order chi connectivity index (χ0) is 19.9. The second-order valence-electron chi connectivity index (χ2n) is 6.52. The molecule has 2 aromatic carbocycles. The summed E-state index contributed by atoms with van der Waals surface area (Å²) in [6.45, 7) is 4.39. The molecule has 0 unspecified atom stereocenters. The number of carbonyl (C=O) groups is 2. The van der Waals surface area contributed by atoms with Crippen molar-refractivity contribution < 1.29 is 14.0 Å². The summed E-state index contributed by atoms with van der Waals surface area (Å²) in [5, 5.41) is 5.72. The maximum atomic E-state index is 13.0. The van der Waals surface area contributed by atoms with Crippen molar-refractivity contribution in [1.82, 2.24) is 10.2 Å². The van der Waals surface area contributed by atoms with Crippen LogP contribution in [0.5, 0.6) is 0 Å². The minimum absolute atomic E-state index is 0.238. The van der Waals surface area contributed by atoms with Gasteiger partial charge < -0.3 is 15.5 Å². The number of anilines is 2. The van der Waals surface area contributed by atoms with Gasteiger partial charge in [0.15, 0.2) is 0 Å². The molecule has 28 heavy (non-hydrogen) atoms. The number of benzene rings is 2. The number of hydrogen-bond acceptors (Lipinski definition) is 4. The van der Waals surface area contributed by atoms with Gasteiger partial charge in [-0.2, -0.15) is 0 Å². The SMILES string of the molecule is O=C(NCCN1CCN(c2ccc(F)cc2)CC1)C(=O)Nc1ccc(Cl)cc1. The highest BCUT2D eigenvalue weighted by Gasteiger charge is 2.18. The Bertz CT molecular complexity index is 806. The van der Waals surface area contributed by atoms with Crippen molar-refractivity contribution in [1.29, 1.82) is 0 Å². The molecule has 0 bridgehead atoms. The highest BCUT2D eigenvalue weighted by molar-refractivity contribution is 6.39. The van der Waals surface area contributed by atoms with Gasteiger partial charge in [0, 0.05) is 55.7 Å². The second kappa shape index (κ2) is 9.52. The number of carbonyl (C=O) groups excluding carboxylic acids is 2. The third-order valence-electron chi connectivity index (χ3n) is 4.59. The van der Waals surface area contributed by atoms with Gasteiger partial charge in [-0.05, 0) is 48.5 Å². The maximum Gasteiger partial charge on any atom is 0.313 e. The Morgan fingerprint density at radius 2 is 1.57 bits per heavy atom. The fraction of sp³-hybridized carbons (Fsp3) is 0.300. The number of halogens is 2. The molecule has 148 valence electrons. The van der Waals surface area contributed by atoms with Gasteiger partial charge in [0.2, 0.25) is 0 Å². The average molecular weight is 405 g/mol. The highest BCUT2D eigenvalue weighted by Crippen LogP contribution is 2.16. The van der Waals surface area contributed by atoms with Crippen LogP contribution < -0.4 is 15.5 Å². The first kappa shape index (κ1) is 20.1. The Morgan fingerprint density at radius 3 is 2.21 bits per heavy atom. The molecule has 1 aliphatic heterocycles. The Hall–Kier alpha value is -2.64. The van der Waals surface area contributed by atoms with Crippen molar-refractivity contribution in [3.8, 4) is 0 Å². The predicted octanol–water partition coefficient (Wildman–Crippen LogP) is 2.36. The van der Waals surface area contributed by atoms with Gasteiger partial charge in [-0.1, -0.05) is 11.6 Å². The summed E-state index contributed by atoms with van der Waals surface area (Å²) in [4.78, 5) is 28.2. The Morgan fingerprint density at radius 1 is 0.929 bits per heavy atom. The molecule has 1 aliphatic rings. The van der Waals surface area contributed by atoms with Gasteiger partial charge in [-0.25, -0.2) is 4.39 Å². The molecule has 8 heteroatoms. The van der Waals surface area contributed by atoms with Crippen LogP contribution in [0.3, 0.4) is 0 Å². The van der Waals surface area contributed by atoms with Gasteiger partial charge in [-0.3, -0.25) is 14.5 Å². The number of nitrogens with one attached hydrogen (secondary N) is 2. The van der Waals surface area contributed by atoms with Crippen molar-refractivity contribution in [2.75, 3.05) is 49.5 Å². The maximum absolute atomic E-state index is 13.0. The van der Waals surface area contributed by atoms with Gasteiger partial charge >= 0.3 is 11.8 Å². The van der Waals surface area contributed by atoms with E-state index >= 15 is 0 Å². The summed E-state index contributed by atoms with van der Waals surface area (Å²) in [6.07, 6.45) is 0. The molecule has 6 nitrogen and oxygen atoms in total. The molecule has 3 rings (SSSR count). The number of hydrogen-bond donors (Lipinski definition) is 2. The van der Waals surface area contributed by atoms with Crippen LogP contribution in [0.15, 0.2) is 48.5 Å². The van der Waals surface area contributed by atoms with Gasteiger partial charge in [0.1, 0.15) is 5.82 Å². The van der Waals surface area contributed by atoms with Gasteiger partial charge in [0.25, 0.3) is 0 Å². The Balaban J connectivity index is 1.36. The first-order chi connectivity index (χ1) is 13.5. The van der Waals surface area contributed by atoms with Gasteiger partial charge in [-0.15, -0.1) is 0 Å². The molecule has 2 aromatic rings. The van der Waals surface area contributed by atoms with Crippen molar-refractivity contribution in [2.45, 2.75) is 0 Å². The zero-order valence-corrected chi connectivity index (χ0v) is 16.1. The number of nitrogens with zero attached hydrogens (tertiary/aromatic N) is 2. The quantitative estimate of drug-likeness (QED) is 0.751. The number of rotatable bonds is 5. The van der Waals surface area contributed by atoms with Crippen molar-refractivity contribution in [2.24, 2.45) is 0 Å². The van der Waals surface area contributed by atoms with E-state index in [0.717, 1.165) is 31.9 Å². The Kier molecular flexibility index (Phi) is 6.84. The van der Waals surface area contributed by atoms with Crippen LogP contribution in [0.25, 0.3) is 0 Å². The molecule has 0 spiro atoms. The van der Waals surface area contributed by atoms with Crippen LogP contribution in [-0.2, 0) is 9.59 Å². The molecular weight excluding hydrogens is 383 g/mol. The fourth-order valence-electron chi connectivity index (χ4n) is 3.01. The molecule has 0 aliphatic carbocycles. The van der Waals surface area contributed by atoms with Crippen LogP contribution >= 0.6 is 11.6 Å². The van der Waals surface area contributed by atoms with Crippen LogP contribution in [0.2, 0.25) is 5.02 Å². The third kappa shape index (κ3) is 5.68. The lowest BCUT2D eigenvalue weighted by molar-refractivity contribution is -0.136. The van der Waals surface area contributed by atoms with Crippen molar-refractivity contribution >= 4 is 34.8 Å². The molecule has 0 aromatic heterocycles. The number of amides is 2. The molecule has 1 fully saturated rings. The summed E-state index contributed by atoms with van der Waals surface area (Å²) in [5.74, 6) is -1.61. The van der Waals surface area contributed by atoms with Crippen LogP contribution in [-0.4, -0.2) is 56.0 Å². The summed E-state index contributed by atoms with van der Waals surface area (Å²) < 4.78 is 13.0. The molecule has 0 saturated carbocycles. The van der Waals surface area contributed by atoms with E-state index in [4.69, 9.17) is 11.6 Å². The standard InChI is InChI=1S/C20H22ClFN4O2/c21-15-1-5-17(6-2-15)24-20(28)19(27)23-9-10-25-11-13-26(14-12-25)18-7-3-16(22)4-8-18/h1-8H,9-14H2,(H,23,27)(H,24,28). The van der Waals surface area contributed by atoms with E-state index in [1.54, 1.807) is 36.4 Å². The first-order valence-electron chi connectivity index (χ1n) is 9.09. The monoisotopic (exact) mass is 404 g/mol. The van der Waals surface area contributed by atoms with Crippen molar-refractivity contribution in [3.05, 3.63) is 59.4 Å². The summed E-state index contributed by atoms with van der Waals surface area (Å²) in [5.41, 5.74) is 1.52. The molecular formula is C20H22ClFN4O2. The average Bonchev–Trinajstić information content (AvgIpc) is 2.71. The fourth-order valence-corrected chi connectivity index (χ4v) is 3.14. The number of piperazine rings is 1. The topological polar surface area (TPSA) is 64.7 Å². The first-order valence-corrected chi connectivity index (χ1v) is 9.47. The Labute approximate surface area is 168 Å². The lowest BCUT2D eigenvalue weighted by Gasteiger charge is -2.36. The van der Waals surface area contributed by atoms with E-state index in [9.17, 15) is 14.0 Å². The lowest BCUT2D eigenvalue weighted by Crippen LogP contribution is -2.49.